The number of amides is 2. The highest BCUT2D eigenvalue weighted by atomic mass is 32.2. The number of anilines is 1. The lowest BCUT2D eigenvalue weighted by Gasteiger charge is -2.31. The van der Waals surface area contributed by atoms with Crippen LogP contribution in [0, 0.1) is 0 Å². The number of likely N-dealkylation sites (N-methyl/N-ethyl adjacent to an activating group) is 1. The third-order valence-electron chi connectivity index (χ3n) is 4.75. The zero-order valence-electron chi connectivity index (χ0n) is 18.2. The van der Waals surface area contributed by atoms with Crippen LogP contribution >= 0.6 is 0 Å². The molecule has 0 saturated carbocycles. The summed E-state index contributed by atoms with van der Waals surface area (Å²) in [6.07, 6.45) is 1.03. The molecule has 2 aromatic carbocycles. The minimum absolute atomic E-state index is 0.168. The van der Waals surface area contributed by atoms with Crippen LogP contribution < -0.4 is 14.4 Å². The summed E-state index contributed by atoms with van der Waals surface area (Å²) < 4.78 is 31.4. The van der Waals surface area contributed by atoms with Gasteiger partial charge in [0.15, 0.2) is 0 Å². The number of hydrogen-bond acceptors (Lipinski definition) is 5. The lowest BCUT2D eigenvalue weighted by molar-refractivity contribution is -0.139. The first kappa shape index (κ1) is 24.2. The molecule has 31 heavy (non-hydrogen) atoms. The van der Waals surface area contributed by atoms with Crippen molar-refractivity contribution >= 4 is 27.5 Å². The molecule has 0 aromatic heterocycles. The summed E-state index contributed by atoms with van der Waals surface area (Å²) in [5, 5.41) is 2.72. The number of para-hydroxylation sites is 2. The quantitative estimate of drug-likeness (QED) is 0.601. The van der Waals surface area contributed by atoms with Gasteiger partial charge in [0.2, 0.25) is 21.8 Å². The molecule has 0 aliphatic heterocycles. The fraction of sp³-hybridized carbons (Fsp3) is 0.364. The van der Waals surface area contributed by atoms with Crippen LogP contribution in [-0.4, -0.2) is 57.6 Å². The van der Waals surface area contributed by atoms with Gasteiger partial charge in [-0.3, -0.25) is 13.9 Å². The minimum Gasteiger partial charge on any atom is -0.495 e. The number of carbonyl (C=O) groups excluding carboxylic acids is 2. The summed E-state index contributed by atoms with van der Waals surface area (Å²) in [4.78, 5) is 27.2. The third-order valence-corrected chi connectivity index (χ3v) is 5.87. The summed E-state index contributed by atoms with van der Waals surface area (Å²) >= 11 is 0. The van der Waals surface area contributed by atoms with Crippen molar-refractivity contribution in [2.75, 3.05) is 30.8 Å². The van der Waals surface area contributed by atoms with Gasteiger partial charge < -0.3 is 15.0 Å². The Bertz CT molecular complexity index is 995. The average molecular weight is 448 g/mol. The lowest BCUT2D eigenvalue weighted by Crippen LogP contribution is -2.51. The average Bonchev–Trinajstić information content (AvgIpc) is 2.75. The van der Waals surface area contributed by atoms with E-state index in [1.807, 2.05) is 30.3 Å². The second-order valence-electron chi connectivity index (χ2n) is 7.02. The molecule has 0 fully saturated rings. The smallest absolute Gasteiger partial charge is 0.244 e. The van der Waals surface area contributed by atoms with E-state index in [9.17, 15) is 18.0 Å². The molecule has 0 aliphatic carbocycles. The summed E-state index contributed by atoms with van der Waals surface area (Å²) in [5.41, 5.74) is 1.08. The maximum atomic E-state index is 13.3. The van der Waals surface area contributed by atoms with Gasteiger partial charge in [-0.25, -0.2) is 8.42 Å². The molecule has 0 bridgehead atoms. The molecule has 0 heterocycles. The van der Waals surface area contributed by atoms with Crippen LogP contribution in [0.3, 0.4) is 0 Å². The van der Waals surface area contributed by atoms with E-state index in [1.54, 1.807) is 38.1 Å². The highest BCUT2D eigenvalue weighted by molar-refractivity contribution is 7.92. The van der Waals surface area contributed by atoms with Gasteiger partial charge in [0.25, 0.3) is 0 Å². The standard InChI is InChI=1S/C22H29N3O5S/c1-5-23-22(27)17(2)24(15-18-11-7-6-8-12-18)21(26)16-25(31(4,28)29)19-13-9-10-14-20(19)30-3/h6-14,17H,5,15-16H2,1-4H3,(H,23,27)/t17-/m0/s1. The van der Waals surface area contributed by atoms with Gasteiger partial charge in [-0.1, -0.05) is 42.5 Å². The van der Waals surface area contributed by atoms with E-state index in [0.29, 0.717) is 12.3 Å². The molecule has 0 radical (unpaired) electrons. The molecule has 0 unspecified atom stereocenters. The maximum Gasteiger partial charge on any atom is 0.244 e. The number of sulfonamides is 1. The Kier molecular flexibility index (Phi) is 8.44. The number of nitrogens with zero attached hydrogens (tertiary/aromatic N) is 2. The van der Waals surface area contributed by atoms with E-state index >= 15 is 0 Å². The first-order chi connectivity index (χ1) is 14.7. The van der Waals surface area contributed by atoms with Crippen LogP contribution in [0.25, 0.3) is 0 Å². The monoisotopic (exact) mass is 447 g/mol. The Balaban J connectivity index is 2.40. The second kappa shape index (κ2) is 10.8. The van der Waals surface area contributed by atoms with E-state index < -0.39 is 28.5 Å². The maximum absolute atomic E-state index is 13.3. The van der Waals surface area contributed by atoms with Crippen molar-refractivity contribution in [2.45, 2.75) is 26.4 Å². The predicted octanol–water partition coefficient (Wildman–Crippen LogP) is 2.01. The molecule has 0 saturated heterocycles. The van der Waals surface area contributed by atoms with Crippen LogP contribution in [0.2, 0.25) is 0 Å². The Morgan fingerprint density at radius 3 is 2.26 bits per heavy atom. The molecule has 168 valence electrons. The topological polar surface area (TPSA) is 96.0 Å². The van der Waals surface area contributed by atoms with Crippen molar-refractivity contribution in [1.82, 2.24) is 10.2 Å². The first-order valence-corrected chi connectivity index (χ1v) is 11.8. The van der Waals surface area contributed by atoms with Crippen molar-refractivity contribution in [3.63, 3.8) is 0 Å². The van der Waals surface area contributed by atoms with Gasteiger partial charge in [-0.2, -0.15) is 0 Å². The van der Waals surface area contributed by atoms with Crippen LogP contribution in [-0.2, 0) is 26.2 Å². The lowest BCUT2D eigenvalue weighted by atomic mass is 10.1. The van der Waals surface area contributed by atoms with E-state index in [4.69, 9.17) is 4.74 Å². The minimum atomic E-state index is -3.80. The number of hydrogen-bond donors (Lipinski definition) is 1. The van der Waals surface area contributed by atoms with Crippen molar-refractivity contribution in [1.29, 1.82) is 0 Å². The van der Waals surface area contributed by atoms with Crippen molar-refractivity contribution in [3.8, 4) is 5.75 Å². The fourth-order valence-corrected chi connectivity index (χ4v) is 3.97. The molecular formula is C22H29N3O5S. The Morgan fingerprint density at radius 1 is 1.06 bits per heavy atom. The molecule has 1 atom stereocenters. The number of rotatable bonds is 10. The number of benzene rings is 2. The zero-order valence-corrected chi connectivity index (χ0v) is 19.1. The summed E-state index contributed by atoms with van der Waals surface area (Å²) in [6.45, 7) is 3.55. The van der Waals surface area contributed by atoms with Crippen molar-refractivity contribution in [2.24, 2.45) is 0 Å². The number of methoxy groups -OCH3 is 1. The van der Waals surface area contributed by atoms with Crippen LogP contribution in [0.15, 0.2) is 54.6 Å². The van der Waals surface area contributed by atoms with Gasteiger partial charge in [-0.05, 0) is 31.5 Å². The number of carbonyl (C=O) groups is 2. The molecule has 2 amide bonds. The SMILES string of the molecule is CCNC(=O)[C@H](C)N(Cc1ccccc1)C(=O)CN(c1ccccc1OC)S(C)(=O)=O. The summed E-state index contributed by atoms with van der Waals surface area (Å²) in [6, 6.07) is 15.0. The normalized spacial score (nSPS) is 12.0. The van der Waals surface area contributed by atoms with Gasteiger partial charge in [0.1, 0.15) is 18.3 Å². The van der Waals surface area contributed by atoms with E-state index in [0.717, 1.165) is 16.1 Å². The molecule has 0 spiro atoms. The molecule has 0 aliphatic rings. The van der Waals surface area contributed by atoms with Crippen molar-refractivity contribution < 1.29 is 22.7 Å². The van der Waals surface area contributed by atoms with Crippen LogP contribution in [0.1, 0.15) is 19.4 Å². The van der Waals surface area contributed by atoms with Gasteiger partial charge in [0, 0.05) is 13.1 Å². The summed E-state index contributed by atoms with van der Waals surface area (Å²) in [7, 11) is -2.37. The van der Waals surface area contributed by atoms with E-state index in [-0.39, 0.29) is 18.1 Å². The zero-order chi connectivity index (χ0) is 23.0. The largest absolute Gasteiger partial charge is 0.495 e. The van der Waals surface area contributed by atoms with Crippen LogP contribution in [0.5, 0.6) is 5.75 Å². The number of nitrogens with one attached hydrogen (secondary N) is 1. The highest BCUT2D eigenvalue weighted by Crippen LogP contribution is 2.29. The van der Waals surface area contributed by atoms with E-state index in [1.165, 1.54) is 12.0 Å². The summed E-state index contributed by atoms with van der Waals surface area (Å²) in [5.74, 6) is -0.485. The molecule has 9 heteroatoms. The Hall–Kier alpha value is -3.07. The molecular weight excluding hydrogens is 418 g/mol. The third kappa shape index (κ3) is 6.45. The fourth-order valence-electron chi connectivity index (χ4n) is 3.12. The van der Waals surface area contributed by atoms with Crippen LogP contribution in [0.4, 0.5) is 5.69 Å². The predicted molar refractivity (Wildman–Crippen MR) is 120 cm³/mol. The Morgan fingerprint density at radius 2 is 1.68 bits per heavy atom. The van der Waals surface area contributed by atoms with Gasteiger partial charge in [0.05, 0.1) is 19.1 Å². The second-order valence-corrected chi connectivity index (χ2v) is 8.93. The first-order valence-electron chi connectivity index (χ1n) is 9.90. The van der Waals surface area contributed by atoms with Gasteiger partial charge >= 0.3 is 0 Å². The van der Waals surface area contributed by atoms with Crippen molar-refractivity contribution in [3.05, 3.63) is 60.2 Å². The highest BCUT2D eigenvalue weighted by Gasteiger charge is 2.30. The number of ether oxygens (including phenoxy) is 1. The Labute approximate surface area is 183 Å². The molecule has 1 N–H and O–H groups in total. The molecule has 8 nitrogen and oxygen atoms in total. The van der Waals surface area contributed by atoms with E-state index in [2.05, 4.69) is 5.32 Å². The molecule has 2 aromatic rings. The molecule has 2 rings (SSSR count). The van der Waals surface area contributed by atoms with Gasteiger partial charge in [-0.15, -0.1) is 0 Å².